The van der Waals surface area contributed by atoms with Crippen LogP contribution in [-0.4, -0.2) is 69.6 Å². The van der Waals surface area contributed by atoms with Crippen molar-refractivity contribution < 1.29 is 52.9 Å². The Balaban J connectivity index is 1.31. The number of hydrogen-bond donors (Lipinski definition) is 3. The molecule has 0 spiro atoms. The van der Waals surface area contributed by atoms with Gasteiger partial charge in [-0.2, -0.15) is 0 Å². The first-order chi connectivity index (χ1) is 35.1. The largest absolute Gasteiger partial charge is 0.459 e. The van der Waals surface area contributed by atoms with E-state index in [0.29, 0.717) is 55.5 Å². The van der Waals surface area contributed by atoms with Crippen molar-refractivity contribution >= 4 is 23.6 Å². The van der Waals surface area contributed by atoms with Crippen LogP contribution < -0.4 is 19.5 Å². The molecule has 2 aliphatic carbocycles. The minimum atomic E-state index is -1.72. The van der Waals surface area contributed by atoms with Crippen LogP contribution in [0, 0.1) is 33.7 Å². The molecule has 0 saturated heterocycles. The van der Waals surface area contributed by atoms with Gasteiger partial charge in [-0.25, -0.2) is 14.0 Å². The van der Waals surface area contributed by atoms with E-state index in [0.717, 1.165) is 22.3 Å². The smallest absolute Gasteiger partial charge is 0.416 e. The minimum Gasteiger partial charge on any atom is -0.459 e. The number of fused-ring (bicyclic) bond motifs is 2. The number of unbranched alkanes of at least 4 members (excludes halogenated alkanes) is 2. The summed E-state index contributed by atoms with van der Waals surface area (Å²) >= 11 is 0. The van der Waals surface area contributed by atoms with Crippen LogP contribution in [0.1, 0.15) is 73.1 Å². The number of nitrogens with one attached hydrogen (secondary N) is 1. The van der Waals surface area contributed by atoms with Crippen LogP contribution in [0.25, 0.3) is 0 Å². The van der Waals surface area contributed by atoms with Gasteiger partial charge in [0, 0.05) is 56.3 Å². The van der Waals surface area contributed by atoms with E-state index in [4.69, 9.17) is 28.9 Å². The molecule has 1 heterocycles. The average molecular weight is 983 g/mol. The van der Waals surface area contributed by atoms with Gasteiger partial charge in [0.15, 0.2) is 0 Å². The van der Waals surface area contributed by atoms with Gasteiger partial charge in [0.1, 0.15) is 35.7 Å². The number of rotatable bonds is 22. The summed E-state index contributed by atoms with van der Waals surface area (Å²) in [5.74, 6) is -2.92. The van der Waals surface area contributed by atoms with Crippen LogP contribution in [0.2, 0.25) is 0 Å². The highest BCUT2D eigenvalue weighted by molar-refractivity contribution is 6.03. The maximum absolute atomic E-state index is 15.1. The molecule has 15 nitrogen and oxygen atoms in total. The first-order valence-corrected chi connectivity index (χ1v) is 24.3. The number of ether oxygens (including phenoxy) is 4. The number of allylic oxidation sites excluding steroid dienone is 1. The lowest BCUT2D eigenvalue weighted by Gasteiger charge is -2.59. The number of halogens is 1. The number of carbonyl (C=O) groups is 2. The van der Waals surface area contributed by atoms with Crippen LogP contribution >= 0.6 is 0 Å². The molecular weight excluding hydrogens is 924 g/mol. The predicted molar refractivity (Wildman–Crippen MR) is 267 cm³/mol. The summed E-state index contributed by atoms with van der Waals surface area (Å²) in [6, 6.07) is 34.0. The fourth-order valence-corrected chi connectivity index (χ4v) is 10.3. The molecule has 376 valence electrons. The van der Waals surface area contributed by atoms with Gasteiger partial charge >= 0.3 is 12.2 Å². The number of aliphatic hydroxyl groups excluding tert-OH is 2. The van der Waals surface area contributed by atoms with Gasteiger partial charge in [-0.05, 0) is 102 Å². The zero-order chi connectivity index (χ0) is 50.5. The summed E-state index contributed by atoms with van der Waals surface area (Å²) in [5, 5.41) is 39.3. The molecule has 0 bridgehead atoms. The molecular formula is C56H59FN4O11. The first-order valence-electron chi connectivity index (χ1n) is 24.3. The number of aliphatic hydroxyl groups is 2. The van der Waals surface area contributed by atoms with Gasteiger partial charge in [0.2, 0.25) is 5.79 Å². The number of amides is 2. The van der Waals surface area contributed by atoms with Crippen molar-refractivity contribution in [1.82, 2.24) is 10.2 Å². The molecule has 0 radical (unpaired) electrons. The summed E-state index contributed by atoms with van der Waals surface area (Å²) in [5.41, 5.74) is 4.12. The maximum Gasteiger partial charge on any atom is 0.416 e. The molecule has 1 saturated carbocycles. The lowest BCUT2D eigenvalue weighted by Crippen LogP contribution is -2.70. The molecule has 1 aliphatic heterocycles. The summed E-state index contributed by atoms with van der Waals surface area (Å²) in [4.78, 5) is 47.2. The topological polar surface area (TPSA) is 192 Å². The van der Waals surface area contributed by atoms with Crippen LogP contribution in [0.15, 0.2) is 157 Å². The molecule has 1 fully saturated rings. The summed E-state index contributed by atoms with van der Waals surface area (Å²) in [7, 11) is 0. The highest BCUT2D eigenvalue weighted by atomic mass is 19.1. The zero-order valence-electron chi connectivity index (χ0n) is 39.9. The Morgan fingerprint density at radius 1 is 0.861 bits per heavy atom. The maximum atomic E-state index is 15.1. The monoisotopic (exact) mass is 982 g/mol. The van der Waals surface area contributed by atoms with E-state index in [1.54, 1.807) is 30.3 Å². The fourth-order valence-electron chi connectivity index (χ4n) is 10.3. The van der Waals surface area contributed by atoms with Crippen LogP contribution in [0.3, 0.4) is 0 Å². The number of nitro groups is 1. The van der Waals surface area contributed by atoms with Gasteiger partial charge in [-0.15, -0.1) is 6.58 Å². The second kappa shape index (κ2) is 24.1. The molecule has 5 aromatic carbocycles. The quantitative estimate of drug-likeness (QED) is 0.0259. The van der Waals surface area contributed by atoms with Crippen molar-refractivity contribution in [2.75, 3.05) is 19.8 Å². The normalized spacial score (nSPS) is 21.2. The standard InChI is InChI=1S/C56H59FN4O11/c1-2-31-68-56-51(60(36-39-19-21-42(57)22-20-39)55(65)71-44-25-23-43(24-26-44)61(66)67)34-49(59-69-37-40-15-7-4-8-16-40)47-32-41(17-9-11-29-62)46(18-10-12-30-63)52(53(47)56)48-33-45(27-28-50(48)72-56)70-54(64)58-35-38-13-5-3-6-14-38/h2-8,13-16,19-28,32-33,41,46,51-53,62-63H,1,9-12,17-18,29-31,34-37H2,(H,58,64). The van der Waals surface area contributed by atoms with Gasteiger partial charge < -0.3 is 39.3 Å². The Morgan fingerprint density at radius 2 is 1.54 bits per heavy atom. The van der Waals surface area contributed by atoms with Crippen molar-refractivity contribution in [3.8, 4) is 17.2 Å². The van der Waals surface area contributed by atoms with E-state index in [2.05, 4.69) is 18.0 Å². The second-order valence-corrected chi connectivity index (χ2v) is 18.1. The van der Waals surface area contributed by atoms with Crippen molar-refractivity contribution in [3.05, 3.63) is 190 Å². The Hall–Kier alpha value is -7.40. The van der Waals surface area contributed by atoms with E-state index >= 15 is 4.79 Å². The van der Waals surface area contributed by atoms with Gasteiger partial charge in [-0.3, -0.25) is 15.0 Å². The summed E-state index contributed by atoms with van der Waals surface area (Å²) in [6.45, 7) is 4.23. The molecule has 0 aromatic heterocycles. The molecule has 16 heteroatoms. The van der Waals surface area contributed by atoms with E-state index in [-0.39, 0.29) is 75.0 Å². The van der Waals surface area contributed by atoms with Gasteiger partial charge in [0.05, 0.1) is 23.2 Å². The number of hydrogen-bond acceptors (Lipinski definition) is 12. The van der Waals surface area contributed by atoms with Crippen molar-refractivity contribution in [2.24, 2.45) is 22.9 Å². The van der Waals surface area contributed by atoms with Gasteiger partial charge in [-0.1, -0.05) is 103 Å². The van der Waals surface area contributed by atoms with Crippen LogP contribution in [0.5, 0.6) is 17.2 Å². The number of carbonyl (C=O) groups excluding carboxylic acids is 2. The zero-order valence-corrected chi connectivity index (χ0v) is 39.9. The summed E-state index contributed by atoms with van der Waals surface area (Å²) in [6.07, 6.45) is 6.16. The second-order valence-electron chi connectivity index (χ2n) is 18.1. The van der Waals surface area contributed by atoms with E-state index in [9.17, 15) is 29.5 Å². The van der Waals surface area contributed by atoms with E-state index in [1.165, 1.54) is 41.3 Å². The highest BCUT2D eigenvalue weighted by Gasteiger charge is 2.66. The fraction of sp³-hybridized carbons (Fsp3) is 0.339. The average Bonchev–Trinajstić information content (AvgIpc) is 3.39. The molecule has 6 unspecified atom stereocenters. The van der Waals surface area contributed by atoms with E-state index in [1.807, 2.05) is 66.7 Å². The molecule has 2 amide bonds. The molecule has 5 aromatic rings. The Kier molecular flexibility index (Phi) is 17.1. The third kappa shape index (κ3) is 12.0. The lowest BCUT2D eigenvalue weighted by atomic mass is 9.55. The number of nitro benzene ring substituents is 1. The first kappa shape index (κ1) is 51.0. The van der Waals surface area contributed by atoms with E-state index < -0.39 is 46.6 Å². The Morgan fingerprint density at radius 3 is 2.22 bits per heavy atom. The molecule has 8 rings (SSSR count). The number of benzene rings is 5. The van der Waals surface area contributed by atoms with Gasteiger partial charge in [0.25, 0.3) is 5.69 Å². The molecule has 3 N–H and O–H groups in total. The van der Waals surface area contributed by atoms with Crippen molar-refractivity contribution in [2.45, 2.75) is 82.4 Å². The third-order valence-corrected chi connectivity index (χ3v) is 13.5. The minimum absolute atomic E-state index is 0.00784. The number of non-ortho nitro benzene ring substituents is 1. The lowest BCUT2D eigenvalue weighted by molar-refractivity contribution is -0.384. The molecule has 3 aliphatic rings. The van der Waals surface area contributed by atoms with Crippen LogP contribution in [0.4, 0.5) is 19.7 Å². The molecule has 72 heavy (non-hydrogen) atoms. The summed E-state index contributed by atoms with van der Waals surface area (Å²) < 4.78 is 40.9. The molecule has 6 atom stereocenters. The number of nitrogens with zero attached hydrogens (tertiary/aromatic N) is 3. The van der Waals surface area contributed by atoms with Crippen LogP contribution in [-0.2, 0) is 29.3 Å². The predicted octanol–water partition coefficient (Wildman–Crippen LogP) is 10.6. The third-order valence-electron chi connectivity index (χ3n) is 13.5. The number of oxime groups is 1. The highest BCUT2D eigenvalue weighted by Crippen LogP contribution is 2.62. The SMILES string of the molecule is C=CCOC12Oc3ccc(OC(=O)NCc4ccccc4)cc3C3C(CCCCO)C(CCCCO)C=C(C(=NOCc4ccccc4)CC1N(Cc1ccc(F)cc1)C(=O)Oc1ccc([N+](=O)[O-])cc1)C32. The Labute approximate surface area is 417 Å². The van der Waals surface area contributed by atoms with Crippen molar-refractivity contribution in [1.29, 1.82) is 0 Å². The van der Waals surface area contributed by atoms with Crippen molar-refractivity contribution in [3.63, 3.8) is 0 Å². The Bertz CT molecular complexity index is 2710.